The van der Waals surface area contributed by atoms with Crippen LogP contribution in [0.1, 0.15) is 22.1 Å². The first-order valence-corrected chi connectivity index (χ1v) is 5.00. The number of carbonyl (C=O) groups is 1. The summed E-state index contributed by atoms with van der Waals surface area (Å²) >= 11 is 0. The van der Waals surface area contributed by atoms with Crippen LogP contribution in [0.15, 0.2) is 28.8 Å². The first-order valence-electron chi connectivity index (χ1n) is 5.00. The molecule has 0 amide bonds. The van der Waals surface area contributed by atoms with Crippen molar-refractivity contribution in [2.75, 3.05) is 5.32 Å². The van der Waals surface area contributed by atoms with E-state index in [0.29, 0.717) is 18.3 Å². The summed E-state index contributed by atoms with van der Waals surface area (Å²) in [5.74, 6) is 0.681. The molecule has 2 rings (SSSR count). The Bertz CT molecular complexity index is 536. The van der Waals surface area contributed by atoms with Crippen LogP contribution in [0.4, 0.5) is 5.82 Å². The Balaban J connectivity index is 2.04. The zero-order valence-electron chi connectivity index (χ0n) is 9.17. The van der Waals surface area contributed by atoms with Gasteiger partial charge >= 0.3 is 5.97 Å². The molecular formula is C11H11N3O3. The van der Waals surface area contributed by atoms with Crippen LogP contribution in [0.25, 0.3) is 0 Å². The molecule has 2 aromatic heterocycles. The fourth-order valence-corrected chi connectivity index (χ4v) is 1.30. The summed E-state index contributed by atoms with van der Waals surface area (Å²) in [5, 5.41) is 11.7. The molecule has 0 aromatic carbocycles. The maximum atomic E-state index is 10.7. The molecule has 2 heterocycles. The highest BCUT2D eigenvalue weighted by atomic mass is 16.4. The molecule has 0 radical (unpaired) electrons. The van der Waals surface area contributed by atoms with E-state index in [-0.39, 0.29) is 5.69 Å². The van der Waals surface area contributed by atoms with Crippen LogP contribution in [0.2, 0.25) is 0 Å². The largest absolute Gasteiger partial charge is 0.477 e. The van der Waals surface area contributed by atoms with Gasteiger partial charge in [0.15, 0.2) is 5.69 Å². The van der Waals surface area contributed by atoms with E-state index in [1.807, 2.05) is 0 Å². The summed E-state index contributed by atoms with van der Waals surface area (Å²) in [4.78, 5) is 18.6. The Morgan fingerprint density at radius 3 is 3.00 bits per heavy atom. The van der Waals surface area contributed by atoms with Gasteiger partial charge in [-0.1, -0.05) is 6.07 Å². The second-order valence-electron chi connectivity index (χ2n) is 3.43. The number of oxazole rings is 1. The second kappa shape index (κ2) is 4.65. The molecule has 88 valence electrons. The van der Waals surface area contributed by atoms with E-state index < -0.39 is 5.97 Å². The molecule has 6 heteroatoms. The Labute approximate surface area is 97.3 Å². The zero-order valence-corrected chi connectivity index (χ0v) is 9.17. The number of hydrogen-bond donors (Lipinski definition) is 2. The number of pyridine rings is 1. The van der Waals surface area contributed by atoms with Gasteiger partial charge in [-0.05, 0) is 19.1 Å². The highest BCUT2D eigenvalue weighted by Crippen LogP contribution is 2.08. The average Bonchev–Trinajstić information content (AvgIpc) is 2.73. The third kappa shape index (κ3) is 2.81. The number of anilines is 1. The fraction of sp³-hybridized carbons (Fsp3) is 0.182. The number of aromatic carboxylic acids is 1. The molecule has 0 spiro atoms. The first kappa shape index (κ1) is 11.1. The molecule has 0 aliphatic heterocycles. The SMILES string of the molecule is Cc1cnc(CNc2cccc(C(=O)O)n2)o1. The molecule has 0 saturated heterocycles. The van der Waals surface area contributed by atoms with Crippen LogP contribution in [0, 0.1) is 6.92 Å². The second-order valence-corrected chi connectivity index (χ2v) is 3.43. The quantitative estimate of drug-likeness (QED) is 0.835. The van der Waals surface area contributed by atoms with Gasteiger partial charge < -0.3 is 14.8 Å². The van der Waals surface area contributed by atoms with Gasteiger partial charge in [0.1, 0.15) is 11.6 Å². The zero-order chi connectivity index (χ0) is 12.3. The molecule has 0 unspecified atom stereocenters. The fourth-order valence-electron chi connectivity index (χ4n) is 1.30. The van der Waals surface area contributed by atoms with Crippen LogP contribution < -0.4 is 5.32 Å². The molecule has 2 N–H and O–H groups in total. The lowest BCUT2D eigenvalue weighted by Gasteiger charge is -2.03. The van der Waals surface area contributed by atoms with Crippen molar-refractivity contribution in [2.24, 2.45) is 0 Å². The van der Waals surface area contributed by atoms with Gasteiger partial charge in [-0.3, -0.25) is 0 Å². The van der Waals surface area contributed by atoms with Crippen LogP contribution in [-0.2, 0) is 6.54 Å². The third-order valence-electron chi connectivity index (χ3n) is 2.06. The lowest BCUT2D eigenvalue weighted by atomic mass is 10.3. The smallest absolute Gasteiger partial charge is 0.354 e. The first-order chi connectivity index (χ1) is 8.15. The lowest BCUT2D eigenvalue weighted by Crippen LogP contribution is -2.05. The van der Waals surface area contributed by atoms with E-state index in [1.165, 1.54) is 6.07 Å². The van der Waals surface area contributed by atoms with E-state index in [1.54, 1.807) is 25.3 Å². The molecule has 0 aliphatic carbocycles. The Kier molecular flexibility index (Phi) is 3.04. The van der Waals surface area contributed by atoms with Crippen LogP contribution in [0.5, 0.6) is 0 Å². The minimum Gasteiger partial charge on any atom is -0.477 e. The Hall–Kier alpha value is -2.37. The van der Waals surface area contributed by atoms with Gasteiger partial charge in [-0.2, -0.15) is 0 Å². The van der Waals surface area contributed by atoms with E-state index in [2.05, 4.69) is 15.3 Å². The van der Waals surface area contributed by atoms with Crippen molar-refractivity contribution in [3.05, 3.63) is 41.7 Å². The monoisotopic (exact) mass is 233 g/mol. The highest BCUT2D eigenvalue weighted by Gasteiger charge is 2.05. The average molecular weight is 233 g/mol. The minimum absolute atomic E-state index is 0.00131. The van der Waals surface area contributed by atoms with E-state index in [9.17, 15) is 4.79 Å². The van der Waals surface area contributed by atoms with Gasteiger partial charge in [0.25, 0.3) is 0 Å². The number of carboxylic acids is 1. The number of aryl methyl sites for hydroxylation is 1. The van der Waals surface area contributed by atoms with Crippen molar-refractivity contribution in [3.63, 3.8) is 0 Å². The maximum Gasteiger partial charge on any atom is 0.354 e. The normalized spacial score (nSPS) is 10.2. The minimum atomic E-state index is -1.05. The van der Waals surface area contributed by atoms with Gasteiger partial charge in [-0.15, -0.1) is 0 Å². The summed E-state index contributed by atoms with van der Waals surface area (Å²) in [6, 6.07) is 4.74. The number of aromatic nitrogens is 2. The Morgan fingerprint density at radius 2 is 2.35 bits per heavy atom. The molecule has 0 saturated carbocycles. The maximum absolute atomic E-state index is 10.7. The summed E-state index contributed by atoms with van der Waals surface area (Å²) in [6.07, 6.45) is 1.62. The van der Waals surface area contributed by atoms with Gasteiger partial charge in [0.05, 0.1) is 12.7 Å². The van der Waals surface area contributed by atoms with Gasteiger partial charge in [0.2, 0.25) is 5.89 Å². The number of nitrogens with one attached hydrogen (secondary N) is 1. The summed E-state index contributed by atoms with van der Waals surface area (Å²) in [7, 11) is 0. The highest BCUT2D eigenvalue weighted by molar-refractivity contribution is 5.85. The number of nitrogens with zero attached hydrogens (tertiary/aromatic N) is 2. The Morgan fingerprint density at radius 1 is 1.53 bits per heavy atom. The van der Waals surface area contributed by atoms with E-state index in [4.69, 9.17) is 9.52 Å². The molecular weight excluding hydrogens is 222 g/mol. The van der Waals surface area contributed by atoms with Crippen molar-refractivity contribution in [2.45, 2.75) is 13.5 Å². The van der Waals surface area contributed by atoms with Crippen LogP contribution in [0.3, 0.4) is 0 Å². The van der Waals surface area contributed by atoms with Crippen LogP contribution in [-0.4, -0.2) is 21.0 Å². The third-order valence-corrected chi connectivity index (χ3v) is 2.06. The van der Waals surface area contributed by atoms with E-state index in [0.717, 1.165) is 5.76 Å². The number of rotatable bonds is 4. The standard InChI is InChI=1S/C11H11N3O3/c1-7-5-13-10(17-7)6-12-9-4-2-3-8(14-9)11(15)16/h2-5H,6H2,1H3,(H,12,14)(H,15,16). The molecule has 0 aliphatic rings. The molecule has 17 heavy (non-hydrogen) atoms. The number of hydrogen-bond acceptors (Lipinski definition) is 5. The predicted molar refractivity (Wildman–Crippen MR) is 59.8 cm³/mol. The topological polar surface area (TPSA) is 88.2 Å². The summed E-state index contributed by atoms with van der Waals surface area (Å²) in [6.45, 7) is 2.17. The molecule has 0 fully saturated rings. The lowest BCUT2D eigenvalue weighted by molar-refractivity contribution is 0.0690. The summed E-state index contributed by atoms with van der Waals surface area (Å²) < 4.78 is 5.27. The van der Waals surface area contributed by atoms with Crippen LogP contribution >= 0.6 is 0 Å². The van der Waals surface area contributed by atoms with Crippen molar-refractivity contribution in [3.8, 4) is 0 Å². The van der Waals surface area contributed by atoms with Crippen molar-refractivity contribution in [1.82, 2.24) is 9.97 Å². The van der Waals surface area contributed by atoms with Crippen molar-refractivity contribution >= 4 is 11.8 Å². The molecule has 6 nitrogen and oxygen atoms in total. The molecule has 0 atom stereocenters. The molecule has 0 bridgehead atoms. The number of carboxylic acid groups (broad SMARTS) is 1. The summed E-state index contributed by atoms with van der Waals surface area (Å²) in [5.41, 5.74) is -0.00131. The molecule has 2 aromatic rings. The van der Waals surface area contributed by atoms with Gasteiger partial charge in [0, 0.05) is 0 Å². The van der Waals surface area contributed by atoms with Gasteiger partial charge in [-0.25, -0.2) is 14.8 Å². The predicted octanol–water partition coefficient (Wildman–Crippen LogP) is 1.69. The van der Waals surface area contributed by atoms with Crippen molar-refractivity contribution < 1.29 is 14.3 Å². The van der Waals surface area contributed by atoms with E-state index >= 15 is 0 Å². The van der Waals surface area contributed by atoms with Crippen molar-refractivity contribution in [1.29, 1.82) is 0 Å².